The van der Waals surface area contributed by atoms with Crippen molar-refractivity contribution in [3.05, 3.63) is 39.3 Å². The van der Waals surface area contributed by atoms with Gasteiger partial charge in [-0.25, -0.2) is 14.6 Å². The van der Waals surface area contributed by atoms with Crippen molar-refractivity contribution in [2.24, 2.45) is 0 Å². The third-order valence-electron chi connectivity index (χ3n) is 2.35. The van der Waals surface area contributed by atoms with Crippen LogP contribution in [0.15, 0.2) is 28.2 Å². The fourth-order valence-electron chi connectivity index (χ4n) is 1.51. The minimum absolute atomic E-state index is 0.0421. The first-order valence-electron chi connectivity index (χ1n) is 5.49. The molecule has 0 fully saturated rings. The first-order valence-corrected chi connectivity index (χ1v) is 7.10. The van der Waals surface area contributed by atoms with Gasteiger partial charge in [0.1, 0.15) is 0 Å². The molecule has 0 unspecified atom stereocenters. The van der Waals surface area contributed by atoms with Crippen LogP contribution in [-0.2, 0) is 0 Å². The van der Waals surface area contributed by atoms with Crippen LogP contribution >= 0.6 is 27.3 Å². The Labute approximate surface area is 127 Å². The first-order chi connectivity index (χ1) is 9.45. The lowest BCUT2D eigenvalue weighted by Crippen LogP contribution is -2.20. The van der Waals surface area contributed by atoms with E-state index in [1.54, 1.807) is 25.3 Å². The van der Waals surface area contributed by atoms with Gasteiger partial charge in [-0.1, -0.05) is 23.0 Å². The first kappa shape index (κ1) is 14.5. The zero-order valence-corrected chi connectivity index (χ0v) is 12.7. The van der Waals surface area contributed by atoms with E-state index in [9.17, 15) is 9.59 Å². The lowest BCUT2D eigenvalue weighted by atomic mass is 10.1. The fourth-order valence-corrected chi connectivity index (χ4v) is 2.61. The number of nitrogens with zero attached hydrogens (tertiary/aromatic N) is 1. The average molecular weight is 356 g/mol. The van der Waals surface area contributed by atoms with E-state index < -0.39 is 12.0 Å². The molecule has 1 aromatic heterocycles. The van der Waals surface area contributed by atoms with E-state index in [0.717, 1.165) is 9.35 Å². The molecule has 2 aromatic rings. The van der Waals surface area contributed by atoms with Crippen molar-refractivity contribution in [2.45, 2.75) is 6.92 Å². The van der Waals surface area contributed by atoms with Crippen LogP contribution in [0.5, 0.6) is 0 Å². The Balaban J connectivity index is 2.13. The Bertz CT molecular complexity index is 672. The summed E-state index contributed by atoms with van der Waals surface area (Å²) >= 11 is 4.49. The number of aromatic nitrogens is 1. The van der Waals surface area contributed by atoms with E-state index >= 15 is 0 Å². The number of anilines is 2. The van der Waals surface area contributed by atoms with Crippen molar-refractivity contribution in [1.29, 1.82) is 0 Å². The van der Waals surface area contributed by atoms with Crippen molar-refractivity contribution in [1.82, 2.24) is 4.98 Å². The number of carbonyl (C=O) groups excluding carboxylic acids is 1. The summed E-state index contributed by atoms with van der Waals surface area (Å²) < 4.78 is 0.786. The van der Waals surface area contributed by atoms with Gasteiger partial charge in [-0.2, -0.15) is 0 Å². The van der Waals surface area contributed by atoms with Gasteiger partial charge in [0.25, 0.3) is 0 Å². The van der Waals surface area contributed by atoms with Gasteiger partial charge in [-0.15, -0.1) is 0 Å². The molecule has 0 saturated carbocycles. The number of aromatic carboxylic acids is 1. The second-order valence-corrected chi connectivity index (χ2v) is 6.31. The topological polar surface area (TPSA) is 91.3 Å². The van der Waals surface area contributed by atoms with Crippen molar-refractivity contribution in [2.75, 3.05) is 10.6 Å². The minimum atomic E-state index is -1.10. The van der Waals surface area contributed by atoms with Gasteiger partial charge in [0.15, 0.2) is 5.13 Å². The minimum Gasteiger partial charge on any atom is -0.478 e. The molecule has 1 aromatic carbocycles. The molecule has 0 aliphatic heterocycles. The van der Waals surface area contributed by atoms with Crippen LogP contribution in [0.25, 0.3) is 0 Å². The zero-order valence-electron chi connectivity index (χ0n) is 10.3. The van der Waals surface area contributed by atoms with E-state index in [2.05, 4.69) is 31.5 Å². The summed E-state index contributed by atoms with van der Waals surface area (Å²) in [6, 6.07) is 4.23. The SMILES string of the molecule is Cc1ccc(NC(=O)Nc2ncc(Br)s2)c(C(=O)O)c1. The number of urea groups is 1. The molecule has 0 bridgehead atoms. The van der Waals surface area contributed by atoms with Crippen LogP contribution in [0.1, 0.15) is 15.9 Å². The number of benzene rings is 1. The van der Waals surface area contributed by atoms with Gasteiger partial charge < -0.3 is 10.4 Å². The van der Waals surface area contributed by atoms with Crippen LogP contribution < -0.4 is 10.6 Å². The van der Waals surface area contributed by atoms with Gasteiger partial charge >= 0.3 is 12.0 Å². The Hall–Kier alpha value is -1.93. The standard InChI is InChI=1S/C12H10BrN3O3S/c1-6-2-3-8(7(4-6)10(17)18)15-11(19)16-12-14-5-9(13)20-12/h2-5H,1H3,(H,17,18)(H2,14,15,16,19). The van der Waals surface area contributed by atoms with E-state index in [4.69, 9.17) is 5.11 Å². The summed E-state index contributed by atoms with van der Waals surface area (Å²) in [4.78, 5) is 26.9. The Morgan fingerprint density at radius 2 is 2.10 bits per heavy atom. The molecule has 104 valence electrons. The number of halogens is 1. The number of hydrogen-bond acceptors (Lipinski definition) is 4. The highest BCUT2D eigenvalue weighted by atomic mass is 79.9. The highest BCUT2D eigenvalue weighted by Gasteiger charge is 2.13. The van der Waals surface area contributed by atoms with Crippen LogP contribution in [0.3, 0.4) is 0 Å². The maximum absolute atomic E-state index is 11.8. The Kier molecular flexibility index (Phi) is 4.35. The molecule has 1 heterocycles. The molecule has 0 aliphatic rings. The number of hydrogen-bond donors (Lipinski definition) is 3. The van der Waals surface area contributed by atoms with Crippen molar-refractivity contribution in [3.63, 3.8) is 0 Å². The number of nitrogens with one attached hydrogen (secondary N) is 2. The molecule has 0 aliphatic carbocycles. The third-order valence-corrected chi connectivity index (χ3v) is 3.74. The molecule has 2 rings (SSSR count). The number of rotatable bonds is 3. The van der Waals surface area contributed by atoms with Crippen LogP contribution in [-0.4, -0.2) is 22.1 Å². The predicted octanol–water partition coefficient (Wildman–Crippen LogP) is 3.56. The number of carboxylic acids is 1. The molecular weight excluding hydrogens is 346 g/mol. The van der Waals surface area contributed by atoms with Gasteiger partial charge in [0, 0.05) is 0 Å². The van der Waals surface area contributed by atoms with Gasteiger partial charge in [0.05, 0.1) is 21.2 Å². The summed E-state index contributed by atoms with van der Waals surface area (Å²) in [7, 11) is 0. The molecule has 0 saturated heterocycles. The predicted molar refractivity (Wildman–Crippen MR) is 80.6 cm³/mol. The van der Waals surface area contributed by atoms with Crippen LogP contribution in [0.4, 0.5) is 15.6 Å². The molecule has 0 radical (unpaired) electrons. The van der Waals surface area contributed by atoms with E-state index in [1.165, 1.54) is 17.4 Å². The molecule has 6 nitrogen and oxygen atoms in total. The molecule has 20 heavy (non-hydrogen) atoms. The van der Waals surface area contributed by atoms with E-state index in [1.807, 2.05) is 0 Å². The normalized spacial score (nSPS) is 10.1. The molecular formula is C12H10BrN3O3S. The van der Waals surface area contributed by atoms with Gasteiger partial charge in [-0.3, -0.25) is 5.32 Å². The van der Waals surface area contributed by atoms with Gasteiger partial charge in [0.2, 0.25) is 0 Å². The maximum atomic E-state index is 11.8. The largest absolute Gasteiger partial charge is 0.478 e. The monoisotopic (exact) mass is 355 g/mol. The Morgan fingerprint density at radius 1 is 1.35 bits per heavy atom. The summed E-state index contributed by atoms with van der Waals surface area (Å²) in [5, 5.41) is 14.5. The molecule has 8 heteroatoms. The molecule has 2 amide bonds. The van der Waals surface area contributed by atoms with Crippen LogP contribution in [0, 0.1) is 6.92 Å². The van der Waals surface area contributed by atoms with Crippen LogP contribution in [0.2, 0.25) is 0 Å². The lowest BCUT2D eigenvalue weighted by Gasteiger charge is -2.09. The average Bonchev–Trinajstić information content (AvgIpc) is 2.76. The summed E-state index contributed by atoms with van der Waals surface area (Å²) in [6.45, 7) is 1.78. The lowest BCUT2D eigenvalue weighted by molar-refractivity contribution is 0.0698. The zero-order chi connectivity index (χ0) is 14.7. The molecule has 0 spiro atoms. The van der Waals surface area contributed by atoms with Crippen molar-refractivity contribution >= 4 is 50.1 Å². The number of thiazole rings is 1. The van der Waals surface area contributed by atoms with E-state index in [-0.39, 0.29) is 11.3 Å². The smallest absolute Gasteiger partial charge is 0.337 e. The Morgan fingerprint density at radius 3 is 2.70 bits per heavy atom. The van der Waals surface area contributed by atoms with E-state index in [0.29, 0.717) is 5.13 Å². The summed E-state index contributed by atoms with van der Waals surface area (Å²) in [5.74, 6) is -1.10. The van der Waals surface area contributed by atoms with Crippen molar-refractivity contribution in [3.8, 4) is 0 Å². The summed E-state index contributed by atoms with van der Waals surface area (Å²) in [6.07, 6.45) is 1.56. The third kappa shape index (κ3) is 3.55. The number of carbonyl (C=O) groups is 2. The highest BCUT2D eigenvalue weighted by molar-refractivity contribution is 9.11. The second-order valence-electron chi connectivity index (χ2n) is 3.90. The fraction of sp³-hybridized carbons (Fsp3) is 0.0833. The maximum Gasteiger partial charge on any atom is 0.337 e. The molecule has 0 atom stereocenters. The van der Waals surface area contributed by atoms with Gasteiger partial charge in [-0.05, 0) is 35.0 Å². The second kappa shape index (κ2) is 6.02. The number of aryl methyl sites for hydroxylation is 1. The highest BCUT2D eigenvalue weighted by Crippen LogP contribution is 2.23. The number of amides is 2. The quantitative estimate of drug-likeness (QED) is 0.784. The number of carboxylic acid groups (broad SMARTS) is 1. The molecule has 3 N–H and O–H groups in total. The van der Waals surface area contributed by atoms with Crippen molar-refractivity contribution < 1.29 is 14.7 Å². The summed E-state index contributed by atoms with van der Waals surface area (Å²) in [5.41, 5.74) is 1.08.